The van der Waals surface area contributed by atoms with Crippen molar-refractivity contribution in [3.05, 3.63) is 0 Å². The minimum absolute atomic E-state index is 0.458. The minimum Gasteiger partial charge on any atom is -0.391 e. The van der Waals surface area contributed by atoms with Crippen LogP contribution in [-0.4, -0.2) is 21.4 Å². The van der Waals surface area contributed by atoms with E-state index in [0.29, 0.717) is 0 Å². The Labute approximate surface area is 70.3 Å². The van der Waals surface area contributed by atoms with Gasteiger partial charge in [0.05, 0.1) is 11.2 Å². The maximum absolute atomic E-state index is 8.83. The zero-order valence-electron chi connectivity index (χ0n) is 8.60. The fraction of sp³-hybridized carbons (Fsp3) is 1.00. The standard InChI is InChI=1S/C5H12O.C4H10O/c1-4-5(2,3)6;1-4(2,3)5/h6H,4H2,1-3H3;5H,1-3H3. The first-order valence-electron chi connectivity index (χ1n) is 4.01. The molecule has 0 unspecified atom stereocenters. The molecule has 0 aliphatic carbocycles. The highest BCUT2D eigenvalue weighted by molar-refractivity contribution is 4.59. The van der Waals surface area contributed by atoms with Gasteiger partial charge in [-0.05, 0) is 41.0 Å². The van der Waals surface area contributed by atoms with Gasteiger partial charge < -0.3 is 10.2 Å². The van der Waals surface area contributed by atoms with Gasteiger partial charge in [0.2, 0.25) is 0 Å². The molecule has 0 aromatic heterocycles. The molecule has 0 radical (unpaired) electrons. The predicted molar refractivity (Wildman–Crippen MR) is 48.6 cm³/mol. The van der Waals surface area contributed by atoms with Gasteiger partial charge in [-0.1, -0.05) is 6.92 Å². The van der Waals surface area contributed by atoms with E-state index in [4.69, 9.17) is 10.2 Å². The van der Waals surface area contributed by atoms with Gasteiger partial charge in [-0.2, -0.15) is 0 Å². The van der Waals surface area contributed by atoms with E-state index in [1.165, 1.54) is 0 Å². The quantitative estimate of drug-likeness (QED) is 0.618. The van der Waals surface area contributed by atoms with Crippen LogP contribution in [0.4, 0.5) is 0 Å². The molecular weight excluding hydrogens is 140 g/mol. The van der Waals surface area contributed by atoms with Crippen molar-refractivity contribution < 1.29 is 10.2 Å². The number of aliphatic hydroxyl groups is 2. The van der Waals surface area contributed by atoms with Gasteiger partial charge in [0.1, 0.15) is 0 Å². The maximum atomic E-state index is 8.83. The Hall–Kier alpha value is -0.0800. The summed E-state index contributed by atoms with van der Waals surface area (Å²) < 4.78 is 0. The molecule has 0 heterocycles. The zero-order chi connectivity index (χ0) is 9.71. The summed E-state index contributed by atoms with van der Waals surface area (Å²) in [6.45, 7) is 10.8. The monoisotopic (exact) mass is 162 g/mol. The van der Waals surface area contributed by atoms with Gasteiger partial charge in [-0.25, -0.2) is 0 Å². The molecule has 0 saturated carbocycles. The summed E-state index contributed by atoms with van der Waals surface area (Å²) in [5.74, 6) is 0. The lowest BCUT2D eigenvalue weighted by molar-refractivity contribution is 0.0765. The Morgan fingerprint density at radius 3 is 1.00 bits per heavy atom. The van der Waals surface area contributed by atoms with Crippen molar-refractivity contribution >= 4 is 0 Å². The molecule has 70 valence electrons. The van der Waals surface area contributed by atoms with Crippen LogP contribution in [0.3, 0.4) is 0 Å². The third kappa shape index (κ3) is 73.0. The first kappa shape index (κ1) is 13.5. The van der Waals surface area contributed by atoms with Crippen LogP contribution in [0.2, 0.25) is 0 Å². The molecule has 0 amide bonds. The molecule has 0 aromatic carbocycles. The van der Waals surface area contributed by atoms with Gasteiger partial charge in [0.25, 0.3) is 0 Å². The summed E-state index contributed by atoms with van der Waals surface area (Å²) in [5, 5.41) is 17.3. The number of hydrogen-bond acceptors (Lipinski definition) is 2. The molecule has 0 aliphatic heterocycles. The molecule has 0 spiro atoms. The summed E-state index contributed by atoms with van der Waals surface area (Å²) in [7, 11) is 0. The van der Waals surface area contributed by atoms with Crippen LogP contribution >= 0.6 is 0 Å². The van der Waals surface area contributed by atoms with E-state index in [-0.39, 0.29) is 0 Å². The van der Waals surface area contributed by atoms with Crippen LogP contribution in [0.15, 0.2) is 0 Å². The second-order valence-corrected chi connectivity index (χ2v) is 4.34. The van der Waals surface area contributed by atoms with Crippen LogP contribution in [-0.2, 0) is 0 Å². The molecular formula is C9H22O2. The van der Waals surface area contributed by atoms with Crippen LogP contribution in [0.1, 0.15) is 48.0 Å². The topological polar surface area (TPSA) is 40.5 Å². The Bertz CT molecular complexity index is 78.7. The van der Waals surface area contributed by atoms with Crippen molar-refractivity contribution in [2.75, 3.05) is 0 Å². The van der Waals surface area contributed by atoms with Crippen molar-refractivity contribution in [2.24, 2.45) is 0 Å². The fourth-order valence-electron chi connectivity index (χ4n) is 0. The average molecular weight is 162 g/mol. The van der Waals surface area contributed by atoms with Crippen LogP contribution in [0.25, 0.3) is 0 Å². The molecule has 0 fully saturated rings. The SMILES string of the molecule is CC(C)(C)O.CCC(C)(C)O. The summed E-state index contributed by atoms with van der Waals surface area (Å²) in [5.41, 5.74) is -0.958. The van der Waals surface area contributed by atoms with Crippen molar-refractivity contribution in [1.29, 1.82) is 0 Å². The molecule has 0 atom stereocenters. The lowest BCUT2D eigenvalue weighted by Crippen LogP contribution is -2.15. The average Bonchev–Trinajstić information content (AvgIpc) is 1.59. The number of hydrogen-bond donors (Lipinski definition) is 2. The van der Waals surface area contributed by atoms with Gasteiger partial charge in [0.15, 0.2) is 0 Å². The zero-order valence-corrected chi connectivity index (χ0v) is 8.60. The van der Waals surface area contributed by atoms with Crippen molar-refractivity contribution in [3.63, 3.8) is 0 Å². The van der Waals surface area contributed by atoms with Gasteiger partial charge >= 0.3 is 0 Å². The highest BCUT2D eigenvalue weighted by atomic mass is 16.3. The van der Waals surface area contributed by atoms with E-state index in [1.54, 1.807) is 34.6 Å². The van der Waals surface area contributed by atoms with E-state index in [2.05, 4.69) is 0 Å². The molecule has 2 nitrogen and oxygen atoms in total. The van der Waals surface area contributed by atoms with E-state index in [9.17, 15) is 0 Å². The maximum Gasteiger partial charge on any atom is 0.0589 e. The van der Waals surface area contributed by atoms with Gasteiger partial charge in [-0.15, -0.1) is 0 Å². The predicted octanol–water partition coefficient (Wildman–Crippen LogP) is 1.94. The molecule has 0 aromatic rings. The molecule has 2 heteroatoms. The Kier molecular flexibility index (Phi) is 5.81. The Morgan fingerprint density at radius 2 is 1.00 bits per heavy atom. The fourth-order valence-corrected chi connectivity index (χ4v) is 0. The van der Waals surface area contributed by atoms with Crippen LogP contribution in [0.5, 0.6) is 0 Å². The van der Waals surface area contributed by atoms with E-state index >= 15 is 0 Å². The lowest BCUT2D eigenvalue weighted by Gasteiger charge is -2.11. The van der Waals surface area contributed by atoms with E-state index in [0.717, 1.165) is 6.42 Å². The summed E-state index contributed by atoms with van der Waals surface area (Å²) in [6, 6.07) is 0. The molecule has 0 aliphatic rings. The first-order chi connectivity index (χ1) is 4.56. The minimum atomic E-state index is -0.500. The second-order valence-electron chi connectivity index (χ2n) is 4.34. The van der Waals surface area contributed by atoms with Crippen molar-refractivity contribution in [3.8, 4) is 0 Å². The molecule has 2 N–H and O–H groups in total. The van der Waals surface area contributed by atoms with Crippen LogP contribution < -0.4 is 0 Å². The van der Waals surface area contributed by atoms with Crippen LogP contribution in [0, 0.1) is 0 Å². The highest BCUT2D eigenvalue weighted by Gasteiger charge is 2.05. The third-order valence-corrected chi connectivity index (χ3v) is 0.865. The largest absolute Gasteiger partial charge is 0.391 e. The van der Waals surface area contributed by atoms with E-state index in [1.807, 2.05) is 6.92 Å². The lowest BCUT2D eigenvalue weighted by atomic mass is 10.1. The second kappa shape index (κ2) is 4.73. The molecule has 0 saturated heterocycles. The first-order valence-corrected chi connectivity index (χ1v) is 4.01. The van der Waals surface area contributed by atoms with Crippen molar-refractivity contribution in [1.82, 2.24) is 0 Å². The van der Waals surface area contributed by atoms with Crippen molar-refractivity contribution in [2.45, 2.75) is 59.2 Å². The van der Waals surface area contributed by atoms with Gasteiger partial charge in [0, 0.05) is 0 Å². The highest BCUT2D eigenvalue weighted by Crippen LogP contribution is 2.03. The molecule has 0 rings (SSSR count). The Morgan fingerprint density at radius 1 is 0.909 bits per heavy atom. The smallest absolute Gasteiger partial charge is 0.0589 e. The third-order valence-electron chi connectivity index (χ3n) is 0.865. The summed E-state index contributed by atoms with van der Waals surface area (Å²) in [4.78, 5) is 0. The Balaban J connectivity index is 0. The van der Waals surface area contributed by atoms with E-state index < -0.39 is 11.2 Å². The summed E-state index contributed by atoms with van der Waals surface area (Å²) in [6.07, 6.45) is 0.826. The summed E-state index contributed by atoms with van der Waals surface area (Å²) >= 11 is 0. The normalized spacial score (nSPS) is 12.0. The molecule has 11 heavy (non-hydrogen) atoms. The molecule has 0 bridgehead atoms. The number of rotatable bonds is 1. The van der Waals surface area contributed by atoms with Gasteiger partial charge in [-0.3, -0.25) is 0 Å².